The van der Waals surface area contributed by atoms with E-state index in [0.29, 0.717) is 0 Å². The Kier molecular flexibility index (Phi) is 5.95. The van der Waals surface area contributed by atoms with E-state index in [1.165, 1.54) is 0 Å². The fourth-order valence-electron chi connectivity index (χ4n) is 0. The molecule has 0 saturated heterocycles. The summed E-state index contributed by atoms with van der Waals surface area (Å²) in [5, 5.41) is 0. The topological polar surface area (TPSA) is 0 Å². The molecular formula is C5H13SiW-. The van der Waals surface area contributed by atoms with Gasteiger partial charge in [-0.25, -0.2) is 0 Å². The van der Waals surface area contributed by atoms with Crippen LogP contribution in [0.15, 0.2) is 0 Å². The van der Waals surface area contributed by atoms with E-state index in [-0.39, 0.29) is 21.1 Å². The van der Waals surface area contributed by atoms with Crippen LogP contribution in [-0.4, -0.2) is 8.07 Å². The Balaban J connectivity index is 0. The summed E-state index contributed by atoms with van der Waals surface area (Å²) in [6.07, 6.45) is 0. The third-order valence-electron chi connectivity index (χ3n) is 0.750. The summed E-state index contributed by atoms with van der Waals surface area (Å²) in [6.45, 7) is 10.8. The fraction of sp³-hybridized carbons (Fsp3) is 0.800. The predicted octanol–water partition coefficient (Wildman–Crippen LogP) is 2.16. The van der Waals surface area contributed by atoms with Crippen LogP contribution in [0.4, 0.5) is 0 Å². The molecule has 0 spiro atoms. The van der Waals surface area contributed by atoms with E-state index in [1.54, 1.807) is 0 Å². The summed E-state index contributed by atoms with van der Waals surface area (Å²) in [4.78, 5) is 0. The van der Waals surface area contributed by atoms with Crippen LogP contribution in [0.25, 0.3) is 0 Å². The molecule has 0 amide bonds. The first-order valence-corrected chi connectivity index (χ1v) is 6.06. The molecule has 0 saturated carbocycles. The van der Waals surface area contributed by atoms with E-state index in [1.807, 2.05) is 0 Å². The van der Waals surface area contributed by atoms with Gasteiger partial charge in [0, 0.05) is 29.1 Å². The van der Waals surface area contributed by atoms with Crippen molar-refractivity contribution in [2.24, 2.45) is 0 Å². The van der Waals surface area contributed by atoms with E-state index in [9.17, 15) is 0 Å². The van der Waals surface area contributed by atoms with Crippen molar-refractivity contribution in [2.75, 3.05) is 0 Å². The van der Waals surface area contributed by atoms with Crippen molar-refractivity contribution in [1.82, 2.24) is 0 Å². The molecule has 0 aromatic rings. The van der Waals surface area contributed by atoms with Crippen molar-refractivity contribution >= 4 is 8.07 Å². The first kappa shape index (κ1) is 10.8. The molecule has 0 unspecified atom stereocenters. The van der Waals surface area contributed by atoms with E-state index in [0.717, 1.165) is 6.04 Å². The third-order valence-corrected chi connectivity index (χ3v) is 2.25. The van der Waals surface area contributed by atoms with Crippen LogP contribution >= 0.6 is 0 Å². The summed E-state index contributed by atoms with van der Waals surface area (Å²) in [5.74, 6) is 0. The largest absolute Gasteiger partial charge is 0.346 e. The van der Waals surface area contributed by atoms with Gasteiger partial charge in [0.1, 0.15) is 0 Å². The average Bonchev–Trinajstić information content (AvgIpc) is 1.35. The zero-order valence-corrected chi connectivity index (χ0v) is 9.26. The summed E-state index contributed by atoms with van der Waals surface area (Å²) in [7, 11) is -0.742. The molecule has 0 rings (SSSR count). The molecule has 0 bridgehead atoms. The Bertz CT molecular complexity index is 37.8. The van der Waals surface area contributed by atoms with E-state index < -0.39 is 8.07 Å². The zero-order chi connectivity index (χ0) is 5.21. The Labute approximate surface area is 62.0 Å². The molecular weight excluding hydrogens is 272 g/mol. The van der Waals surface area contributed by atoms with E-state index in [2.05, 4.69) is 26.6 Å². The van der Waals surface area contributed by atoms with Gasteiger partial charge in [0.25, 0.3) is 0 Å². The van der Waals surface area contributed by atoms with Crippen molar-refractivity contribution < 1.29 is 21.1 Å². The van der Waals surface area contributed by atoms with Gasteiger partial charge in [0.2, 0.25) is 0 Å². The van der Waals surface area contributed by atoms with Gasteiger partial charge in [-0.1, -0.05) is 19.6 Å². The summed E-state index contributed by atoms with van der Waals surface area (Å²) in [6, 6.07) is 1.16. The maximum absolute atomic E-state index is 3.82. The molecule has 0 aromatic heterocycles. The molecule has 0 fully saturated rings. The molecule has 7 heavy (non-hydrogen) atoms. The molecule has 0 aliphatic heterocycles. The Morgan fingerprint density at radius 3 is 1.43 bits per heavy atom. The number of hydrogen-bond donors (Lipinski definition) is 0. The van der Waals surface area contributed by atoms with Crippen molar-refractivity contribution in [1.29, 1.82) is 0 Å². The maximum Gasteiger partial charge on any atom is 0.0146 e. The van der Waals surface area contributed by atoms with Gasteiger partial charge in [-0.15, -0.1) is 0 Å². The van der Waals surface area contributed by atoms with Crippen LogP contribution in [0.1, 0.15) is 0 Å². The van der Waals surface area contributed by atoms with Gasteiger partial charge in [0.05, 0.1) is 0 Å². The monoisotopic (exact) mass is 285 g/mol. The fourth-order valence-corrected chi connectivity index (χ4v) is 0. The Morgan fingerprint density at radius 1 is 1.29 bits per heavy atom. The van der Waals surface area contributed by atoms with Gasteiger partial charge in [-0.2, -0.15) is 6.04 Å². The molecule has 0 heterocycles. The number of hydrogen-bond acceptors (Lipinski definition) is 0. The SMILES string of the molecule is [CH2-]C[Si](C)(C)C.[W]. The second kappa shape index (κ2) is 3.85. The van der Waals surface area contributed by atoms with Crippen molar-refractivity contribution in [2.45, 2.75) is 25.7 Å². The van der Waals surface area contributed by atoms with Crippen LogP contribution in [0, 0.1) is 6.92 Å². The minimum absolute atomic E-state index is 0. The standard InChI is InChI=1S/C5H13Si.W/c1-5-6(2,3)4;/h1,5H2,2-4H3;/q-1;. The molecule has 0 nitrogen and oxygen atoms in total. The summed E-state index contributed by atoms with van der Waals surface area (Å²) >= 11 is 0. The van der Waals surface area contributed by atoms with Gasteiger partial charge < -0.3 is 6.92 Å². The quantitative estimate of drug-likeness (QED) is 0.511. The van der Waals surface area contributed by atoms with Crippen LogP contribution in [0.3, 0.4) is 0 Å². The molecule has 0 aliphatic rings. The second-order valence-corrected chi connectivity index (χ2v) is 8.43. The minimum Gasteiger partial charge on any atom is -0.346 e. The van der Waals surface area contributed by atoms with Gasteiger partial charge >= 0.3 is 0 Å². The first-order valence-electron chi connectivity index (χ1n) is 2.35. The Morgan fingerprint density at radius 2 is 1.43 bits per heavy atom. The molecule has 0 radical (unpaired) electrons. The van der Waals surface area contributed by atoms with Crippen molar-refractivity contribution in [3.63, 3.8) is 0 Å². The smallest absolute Gasteiger partial charge is 0.0146 e. The zero-order valence-electron chi connectivity index (χ0n) is 5.32. The third kappa shape index (κ3) is 10.9. The summed E-state index contributed by atoms with van der Waals surface area (Å²) in [5.41, 5.74) is 0. The van der Waals surface area contributed by atoms with E-state index in [4.69, 9.17) is 0 Å². The van der Waals surface area contributed by atoms with E-state index >= 15 is 0 Å². The first-order chi connectivity index (χ1) is 2.56. The predicted molar refractivity (Wildman–Crippen MR) is 33.5 cm³/mol. The van der Waals surface area contributed by atoms with Crippen LogP contribution in [0.2, 0.25) is 25.7 Å². The normalized spacial score (nSPS) is 10.3. The van der Waals surface area contributed by atoms with Crippen molar-refractivity contribution in [3.8, 4) is 0 Å². The van der Waals surface area contributed by atoms with Gasteiger partial charge in [-0.05, 0) is 0 Å². The van der Waals surface area contributed by atoms with Crippen LogP contribution in [0.5, 0.6) is 0 Å². The molecule has 0 aliphatic carbocycles. The molecule has 0 atom stereocenters. The van der Waals surface area contributed by atoms with Gasteiger partial charge in [0.15, 0.2) is 0 Å². The Hall–Kier alpha value is 0.905. The maximum atomic E-state index is 3.82. The minimum atomic E-state index is -0.742. The van der Waals surface area contributed by atoms with Gasteiger partial charge in [-0.3, -0.25) is 0 Å². The second-order valence-electron chi connectivity index (χ2n) is 2.81. The van der Waals surface area contributed by atoms with Crippen LogP contribution in [-0.2, 0) is 21.1 Å². The van der Waals surface area contributed by atoms with Crippen LogP contribution < -0.4 is 0 Å². The molecule has 0 aromatic carbocycles. The molecule has 0 N–H and O–H groups in total. The molecule has 2 heteroatoms. The summed E-state index contributed by atoms with van der Waals surface area (Å²) < 4.78 is 0. The van der Waals surface area contributed by atoms with Crippen molar-refractivity contribution in [3.05, 3.63) is 6.92 Å². The number of rotatable bonds is 1. The molecule has 44 valence electrons. The average molecular weight is 285 g/mol.